The third kappa shape index (κ3) is 3.11. The molecule has 0 atom stereocenters. The molecule has 90 valence electrons. The van der Waals surface area contributed by atoms with Crippen LogP contribution in [0.5, 0.6) is 0 Å². The van der Waals surface area contributed by atoms with E-state index in [0.29, 0.717) is 6.08 Å². The molecule has 0 fully saturated rings. The van der Waals surface area contributed by atoms with Crippen molar-refractivity contribution < 1.29 is 17.6 Å². The molecule has 17 heavy (non-hydrogen) atoms. The number of hydrogen-bond acceptors (Lipinski definition) is 1. The fourth-order valence-corrected chi connectivity index (χ4v) is 1.59. The largest absolute Gasteiger partial charge is 0.417 e. The van der Waals surface area contributed by atoms with Crippen LogP contribution in [-0.4, -0.2) is 6.18 Å². The van der Waals surface area contributed by atoms with E-state index in [9.17, 15) is 17.6 Å². The number of alkyl halides is 3. The Hall–Kier alpha value is -1.25. The average molecular weight is 284 g/mol. The van der Waals surface area contributed by atoms with Crippen LogP contribution in [0.4, 0.5) is 17.6 Å². The topological polar surface area (TPSA) is 23.8 Å². The first-order chi connectivity index (χ1) is 7.77. The molecule has 7 heteroatoms. The van der Waals surface area contributed by atoms with Crippen LogP contribution in [0.15, 0.2) is 18.2 Å². The molecule has 0 saturated carbocycles. The standard InChI is InChI=1S/C10H3Cl2F4N/c11-7-3-5(4-8(12)9(7)13)6(1-2-17)10(14,15)16/h1,3-4H. The highest BCUT2D eigenvalue weighted by atomic mass is 35.5. The summed E-state index contributed by atoms with van der Waals surface area (Å²) in [5.41, 5.74) is -1.70. The quantitative estimate of drug-likeness (QED) is 0.420. The van der Waals surface area contributed by atoms with Gasteiger partial charge in [0.1, 0.15) is 0 Å². The minimum absolute atomic E-state index is 0.305. The van der Waals surface area contributed by atoms with Crippen molar-refractivity contribution >= 4 is 28.8 Å². The molecule has 0 saturated heterocycles. The second kappa shape index (κ2) is 4.94. The molecule has 1 aromatic carbocycles. The van der Waals surface area contributed by atoms with Gasteiger partial charge in [0.15, 0.2) is 5.82 Å². The lowest BCUT2D eigenvalue weighted by molar-refractivity contribution is -0.0688. The van der Waals surface area contributed by atoms with E-state index in [4.69, 9.17) is 28.5 Å². The van der Waals surface area contributed by atoms with Gasteiger partial charge >= 0.3 is 6.18 Å². The van der Waals surface area contributed by atoms with Gasteiger partial charge in [0.05, 0.1) is 21.7 Å². The molecular weight excluding hydrogens is 281 g/mol. The van der Waals surface area contributed by atoms with Crippen molar-refractivity contribution in [1.29, 1.82) is 5.26 Å². The summed E-state index contributed by atoms with van der Waals surface area (Å²) in [5.74, 6) is -1.00. The van der Waals surface area contributed by atoms with E-state index >= 15 is 0 Å². The molecule has 0 aliphatic rings. The smallest absolute Gasteiger partial charge is 0.204 e. The molecule has 0 aromatic heterocycles. The lowest BCUT2D eigenvalue weighted by Gasteiger charge is -2.11. The summed E-state index contributed by atoms with van der Waals surface area (Å²) in [6.07, 6.45) is -4.44. The van der Waals surface area contributed by atoms with Gasteiger partial charge in [0.25, 0.3) is 0 Å². The molecule has 0 amide bonds. The Labute approximate surface area is 104 Å². The minimum atomic E-state index is -4.75. The average Bonchev–Trinajstić information content (AvgIpc) is 2.20. The second-order valence-electron chi connectivity index (χ2n) is 2.94. The maximum Gasteiger partial charge on any atom is 0.417 e. The van der Waals surface area contributed by atoms with Gasteiger partial charge in [-0.15, -0.1) is 0 Å². The normalized spacial score (nSPS) is 12.4. The van der Waals surface area contributed by atoms with Crippen LogP contribution in [0.2, 0.25) is 10.0 Å². The van der Waals surface area contributed by atoms with E-state index in [0.717, 1.165) is 12.1 Å². The van der Waals surface area contributed by atoms with Gasteiger partial charge in [0.2, 0.25) is 0 Å². The molecule has 0 N–H and O–H groups in total. The first kappa shape index (κ1) is 13.8. The van der Waals surface area contributed by atoms with E-state index in [2.05, 4.69) is 0 Å². The Balaban J connectivity index is 3.43. The summed E-state index contributed by atoms with van der Waals surface area (Å²) in [6.45, 7) is 0. The molecule has 0 spiro atoms. The zero-order valence-electron chi connectivity index (χ0n) is 7.95. The lowest BCUT2D eigenvalue weighted by Crippen LogP contribution is -2.10. The van der Waals surface area contributed by atoms with Crippen molar-refractivity contribution in [2.75, 3.05) is 0 Å². The Morgan fingerprint density at radius 2 is 1.71 bits per heavy atom. The summed E-state index contributed by atoms with van der Waals surface area (Å²) in [6, 6.07) is 2.79. The number of benzene rings is 1. The van der Waals surface area contributed by atoms with Crippen LogP contribution in [-0.2, 0) is 0 Å². The monoisotopic (exact) mass is 283 g/mol. The number of nitrogens with zero attached hydrogens (tertiary/aromatic N) is 1. The molecular formula is C10H3Cl2F4N. The maximum absolute atomic E-state index is 13.0. The Kier molecular flexibility index (Phi) is 4.02. The third-order valence-corrected chi connectivity index (χ3v) is 2.36. The molecule has 0 aliphatic heterocycles. The van der Waals surface area contributed by atoms with Gasteiger partial charge in [0, 0.05) is 6.08 Å². The van der Waals surface area contributed by atoms with Crippen LogP contribution < -0.4 is 0 Å². The SMILES string of the molecule is N#CC=C(c1cc(Cl)c(F)c(Cl)c1)C(F)(F)F. The Morgan fingerprint density at radius 1 is 1.24 bits per heavy atom. The van der Waals surface area contributed by atoms with E-state index in [1.54, 1.807) is 0 Å². The summed E-state index contributed by atoms with van der Waals surface area (Å²) in [4.78, 5) is 0. The molecule has 0 unspecified atom stereocenters. The number of allylic oxidation sites excluding steroid dienone is 2. The summed E-state index contributed by atoms with van der Waals surface area (Å²) in [7, 11) is 0. The Morgan fingerprint density at radius 3 is 2.06 bits per heavy atom. The van der Waals surface area contributed by atoms with E-state index in [1.165, 1.54) is 6.07 Å². The van der Waals surface area contributed by atoms with Gasteiger partial charge in [-0.25, -0.2) is 4.39 Å². The van der Waals surface area contributed by atoms with Crippen LogP contribution in [0.25, 0.3) is 5.57 Å². The molecule has 1 aromatic rings. The van der Waals surface area contributed by atoms with Crippen LogP contribution in [0.3, 0.4) is 0 Å². The lowest BCUT2D eigenvalue weighted by atomic mass is 10.1. The fourth-order valence-electron chi connectivity index (χ4n) is 1.10. The molecule has 1 nitrogen and oxygen atoms in total. The first-order valence-corrected chi connectivity index (χ1v) is 4.85. The van der Waals surface area contributed by atoms with Crippen molar-refractivity contribution in [1.82, 2.24) is 0 Å². The molecule has 0 heterocycles. The van der Waals surface area contributed by atoms with Crippen molar-refractivity contribution in [3.63, 3.8) is 0 Å². The van der Waals surface area contributed by atoms with Crippen molar-refractivity contribution in [3.05, 3.63) is 39.6 Å². The van der Waals surface area contributed by atoms with Gasteiger partial charge in [-0.3, -0.25) is 0 Å². The van der Waals surface area contributed by atoms with Gasteiger partial charge < -0.3 is 0 Å². The Bertz CT molecular complexity index is 491. The van der Waals surface area contributed by atoms with Crippen molar-refractivity contribution in [3.8, 4) is 6.07 Å². The summed E-state index contributed by atoms with van der Waals surface area (Å²) >= 11 is 10.8. The second-order valence-corrected chi connectivity index (χ2v) is 3.75. The van der Waals surface area contributed by atoms with Gasteiger partial charge in [-0.05, 0) is 17.7 Å². The third-order valence-electron chi connectivity index (χ3n) is 1.81. The van der Waals surface area contributed by atoms with E-state index in [-0.39, 0.29) is 0 Å². The molecule has 0 aliphatic carbocycles. The first-order valence-electron chi connectivity index (χ1n) is 4.09. The zero-order valence-corrected chi connectivity index (χ0v) is 9.46. The minimum Gasteiger partial charge on any atom is -0.204 e. The van der Waals surface area contributed by atoms with E-state index < -0.39 is 33.2 Å². The highest BCUT2D eigenvalue weighted by Gasteiger charge is 2.35. The van der Waals surface area contributed by atoms with Crippen LogP contribution in [0, 0.1) is 17.1 Å². The highest BCUT2D eigenvalue weighted by Crippen LogP contribution is 2.37. The van der Waals surface area contributed by atoms with Gasteiger partial charge in [-0.1, -0.05) is 23.2 Å². The number of nitriles is 1. The zero-order chi connectivity index (χ0) is 13.2. The van der Waals surface area contributed by atoms with Crippen LogP contribution in [0.1, 0.15) is 5.56 Å². The van der Waals surface area contributed by atoms with E-state index in [1.807, 2.05) is 0 Å². The molecule has 0 radical (unpaired) electrons. The summed E-state index contributed by atoms with van der Waals surface area (Å²) in [5, 5.41) is 7.21. The predicted molar refractivity (Wildman–Crippen MR) is 56.1 cm³/mol. The van der Waals surface area contributed by atoms with Crippen molar-refractivity contribution in [2.45, 2.75) is 6.18 Å². The number of hydrogen-bond donors (Lipinski definition) is 0. The van der Waals surface area contributed by atoms with Crippen molar-refractivity contribution in [2.24, 2.45) is 0 Å². The molecule has 1 rings (SSSR count). The maximum atomic E-state index is 13.0. The predicted octanol–water partition coefficient (Wildman–Crippen LogP) is 4.60. The summed E-state index contributed by atoms with van der Waals surface area (Å²) < 4.78 is 50.7. The number of halogens is 6. The number of rotatable bonds is 1. The van der Waals surface area contributed by atoms with Gasteiger partial charge in [-0.2, -0.15) is 18.4 Å². The van der Waals surface area contributed by atoms with Crippen LogP contribution >= 0.6 is 23.2 Å². The molecule has 0 bridgehead atoms. The highest BCUT2D eigenvalue weighted by molar-refractivity contribution is 6.35. The fraction of sp³-hybridized carbons (Fsp3) is 0.100.